The van der Waals surface area contributed by atoms with Gasteiger partial charge in [-0.25, -0.2) is 0 Å². The van der Waals surface area contributed by atoms with Gasteiger partial charge >= 0.3 is 0 Å². The minimum absolute atomic E-state index is 0.453. The lowest BCUT2D eigenvalue weighted by Gasteiger charge is -2.26. The topological polar surface area (TPSA) is 12.0 Å². The van der Waals surface area contributed by atoms with Crippen molar-refractivity contribution in [2.45, 2.75) is 50.8 Å². The molecule has 2 unspecified atom stereocenters. The lowest BCUT2D eigenvalue weighted by Crippen LogP contribution is -2.34. The van der Waals surface area contributed by atoms with Crippen LogP contribution in [0.4, 0.5) is 0 Å². The van der Waals surface area contributed by atoms with Gasteiger partial charge in [0.15, 0.2) is 0 Å². The first-order chi connectivity index (χ1) is 8.63. The van der Waals surface area contributed by atoms with Crippen molar-refractivity contribution in [2.24, 2.45) is 0 Å². The summed E-state index contributed by atoms with van der Waals surface area (Å²) >= 11 is 2.13. The molecular formula is C16H25NS. The fourth-order valence-corrected chi connectivity index (χ4v) is 3.76. The molecule has 0 saturated carbocycles. The Balaban J connectivity index is 1.88. The van der Waals surface area contributed by atoms with E-state index in [9.17, 15) is 0 Å². The van der Waals surface area contributed by atoms with Crippen LogP contribution in [-0.4, -0.2) is 17.0 Å². The van der Waals surface area contributed by atoms with Gasteiger partial charge in [0.1, 0.15) is 0 Å². The summed E-state index contributed by atoms with van der Waals surface area (Å²) < 4.78 is 0.456. The van der Waals surface area contributed by atoms with Gasteiger partial charge in [-0.2, -0.15) is 11.8 Å². The standard InChI is InChI=1S/C16H25NS/c1-4-14-6-8-15(9-7-14)13(2)17-12-16(3)10-5-11-18-16/h6-9,13,17H,4-5,10-12H2,1-3H3. The monoisotopic (exact) mass is 263 g/mol. The molecule has 1 aliphatic heterocycles. The Hall–Kier alpha value is -0.470. The van der Waals surface area contributed by atoms with E-state index in [0.29, 0.717) is 10.8 Å². The summed E-state index contributed by atoms with van der Waals surface area (Å²) in [4.78, 5) is 0. The fraction of sp³-hybridized carbons (Fsp3) is 0.625. The summed E-state index contributed by atoms with van der Waals surface area (Å²) in [5, 5.41) is 3.70. The molecule has 2 rings (SSSR count). The largest absolute Gasteiger partial charge is 0.309 e. The highest BCUT2D eigenvalue weighted by molar-refractivity contribution is 8.00. The molecule has 1 aromatic rings. The van der Waals surface area contributed by atoms with Crippen molar-refractivity contribution in [3.63, 3.8) is 0 Å². The number of thioether (sulfide) groups is 1. The third-order valence-electron chi connectivity index (χ3n) is 3.97. The molecule has 0 amide bonds. The third kappa shape index (κ3) is 3.52. The SMILES string of the molecule is CCc1ccc(C(C)NCC2(C)CCCS2)cc1. The van der Waals surface area contributed by atoms with Crippen molar-refractivity contribution in [3.8, 4) is 0 Å². The van der Waals surface area contributed by atoms with Crippen LogP contribution in [0.1, 0.15) is 50.8 Å². The van der Waals surface area contributed by atoms with E-state index in [1.165, 1.54) is 29.7 Å². The Bertz CT molecular complexity index is 365. The Morgan fingerprint density at radius 2 is 2.06 bits per heavy atom. The van der Waals surface area contributed by atoms with Crippen LogP contribution in [0.15, 0.2) is 24.3 Å². The number of aryl methyl sites for hydroxylation is 1. The highest BCUT2D eigenvalue weighted by Crippen LogP contribution is 2.37. The van der Waals surface area contributed by atoms with E-state index in [1.807, 2.05) is 0 Å². The number of hydrogen-bond donors (Lipinski definition) is 1. The first-order valence-corrected chi connectivity index (χ1v) is 8.08. The molecule has 1 aromatic carbocycles. The molecule has 1 N–H and O–H groups in total. The number of hydrogen-bond acceptors (Lipinski definition) is 2. The Kier molecular flexibility index (Phi) is 4.74. The molecule has 2 atom stereocenters. The summed E-state index contributed by atoms with van der Waals surface area (Å²) in [6.07, 6.45) is 3.85. The minimum atomic E-state index is 0.453. The van der Waals surface area contributed by atoms with Crippen LogP contribution < -0.4 is 5.32 Å². The van der Waals surface area contributed by atoms with Crippen LogP contribution in [0, 0.1) is 0 Å². The summed E-state index contributed by atoms with van der Waals surface area (Å²) in [5.74, 6) is 1.33. The van der Waals surface area contributed by atoms with Gasteiger partial charge in [-0.3, -0.25) is 0 Å². The van der Waals surface area contributed by atoms with Crippen LogP contribution >= 0.6 is 11.8 Å². The van der Waals surface area contributed by atoms with Crippen LogP contribution in [0.3, 0.4) is 0 Å². The zero-order valence-electron chi connectivity index (χ0n) is 11.8. The molecule has 18 heavy (non-hydrogen) atoms. The van der Waals surface area contributed by atoms with Crippen LogP contribution in [0.2, 0.25) is 0 Å². The number of nitrogens with one attached hydrogen (secondary N) is 1. The molecule has 1 heterocycles. The van der Waals surface area contributed by atoms with E-state index in [-0.39, 0.29) is 0 Å². The molecule has 0 radical (unpaired) electrons. The molecule has 2 heteroatoms. The van der Waals surface area contributed by atoms with Crippen molar-refractivity contribution in [2.75, 3.05) is 12.3 Å². The van der Waals surface area contributed by atoms with Crippen LogP contribution in [0.25, 0.3) is 0 Å². The molecular weight excluding hydrogens is 238 g/mol. The maximum absolute atomic E-state index is 3.70. The lowest BCUT2D eigenvalue weighted by molar-refractivity contribution is 0.490. The van der Waals surface area contributed by atoms with Gasteiger partial charge in [0.25, 0.3) is 0 Å². The second kappa shape index (κ2) is 6.12. The molecule has 100 valence electrons. The van der Waals surface area contributed by atoms with Crippen molar-refractivity contribution in [1.82, 2.24) is 5.32 Å². The summed E-state index contributed by atoms with van der Waals surface area (Å²) in [5.41, 5.74) is 2.82. The predicted molar refractivity (Wildman–Crippen MR) is 82.3 cm³/mol. The highest BCUT2D eigenvalue weighted by Gasteiger charge is 2.29. The second-order valence-electron chi connectivity index (χ2n) is 5.60. The molecule has 1 saturated heterocycles. The van der Waals surface area contributed by atoms with Crippen LogP contribution in [-0.2, 0) is 6.42 Å². The molecule has 0 bridgehead atoms. The van der Waals surface area contributed by atoms with Gasteiger partial charge < -0.3 is 5.32 Å². The van der Waals surface area contributed by atoms with E-state index in [4.69, 9.17) is 0 Å². The smallest absolute Gasteiger partial charge is 0.0292 e. The average Bonchev–Trinajstić information content (AvgIpc) is 2.83. The van der Waals surface area contributed by atoms with Gasteiger partial charge in [-0.1, -0.05) is 31.2 Å². The Morgan fingerprint density at radius 3 is 2.61 bits per heavy atom. The van der Waals surface area contributed by atoms with E-state index >= 15 is 0 Å². The van der Waals surface area contributed by atoms with Gasteiger partial charge in [-0.15, -0.1) is 0 Å². The summed E-state index contributed by atoms with van der Waals surface area (Å²) in [6.45, 7) is 7.98. The highest BCUT2D eigenvalue weighted by atomic mass is 32.2. The second-order valence-corrected chi connectivity index (χ2v) is 7.28. The van der Waals surface area contributed by atoms with Crippen molar-refractivity contribution < 1.29 is 0 Å². The third-order valence-corrected chi connectivity index (χ3v) is 5.51. The first-order valence-electron chi connectivity index (χ1n) is 7.09. The van der Waals surface area contributed by atoms with Crippen molar-refractivity contribution in [1.29, 1.82) is 0 Å². The fourth-order valence-electron chi connectivity index (χ4n) is 2.51. The van der Waals surface area contributed by atoms with E-state index < -0.39 is 0 Å². The van der Waals surface area contributed by atoms with Crippen molar-refractivity contribution in [3.05, 3.63) is 35.4 Å². The Labute approximate surface area is 116 Å². The molecule has 1 fully saturated rings. The molecule has 0 spiro atoms. The van der Waals surface area contributed by atoms with Crippen molar-refractivity contribution >= 4 is 11.8 Å². The Morgan fingerprint density at radius 1 is 1.33 bits per heavy atom. The quantitative estimate of drug-likeness (QED) is 0.855. The molecule has 0 aliphatic carbocycles. The number of benzene rings is 1. The average molecular weight is 263 g/mol. The molecule has 1 nitrogen and oxygen atoms in total. The van der Waals surface area contributed by atoms with Gasteiger partial charge in [0.05, 0.1) is 0 Å². The minimum Gasteiger partial charge on any atom is -0.309 e. The maximum atomic E-state index is 3.70. The lowest BCUT2D eigenvalue weighted by atomic mass is 10.0. The zero-order valence-corrected chi connectivity index (χ0v) is 12.6. The van der Waals surface area contributed by atoms with Crippen LogP contribution in [0.5, 0.6) is 0 Å². The molecule has 1 aliphatic rings. The molecule has 0 aromatic heterocycles. The van der Waals surface area contributed by atoms with E-state index in [2.05, 4.69) is 62.1 Å². The maximum Gasteiger partial charge on any atom is 0.0292 e. The normalized spacial score (nSPS) is 25.3. The first kappa shape index (κ1) is 14.0. The predicted octanol–water partition coefficient (Wildman–Crippen LogP) is 4.19. The zero-order chi connectivity index (χ0) is 13.0. The van der Waals surface area contributed by atoms with Gasteiger partial charge in [0, 0.05) is 17.3 Å². The van der Waals surface area contributed by atoms with Gasteiger partial charge in [-0.05, 0) is 50.0 Å². The van der Waals surface area contributed by atoms with Gasteiger partial charge in [0.2, 0.25) is 0 Å². The van der Waals surface area contributed by atoms with E-state index in [1.54, 1.807) is 0 Å². The summed E-state index contributed by atoms with van der Waals surface area (Å²) in [7, 11) is 0. The summed E-state index contributed by atoms with van der Waals surface area (Å²) in [6, 6.07) is 9.48. The number of rotatable bonds is 5. The van der Waals surface area contributed by atoms with E-state index in [0.717, 1.165) is 13.0 Å².